The molecule has 2 N–H and O–H groups in total. The zero-order valence-electron chi connectivity index (χ0n) is 13.4. The van der Waals surface area contributed by atoms with E-state index in [1.165, 1.54) is 6.07 Å². The molecular formula is C19H18O5. The van der Waals surface area contributed by atoms with Crippen LogP contribution in [0, 0.1) is 0 Å². The van der Waals surface area contributed by atoms with Gasteiger partial charge in [0.1, 0.15) is 0 Å². The summed E-state index contributed by atoms with van der Waals surface area (Å²) in [5.74, 6) is -2.63. The fourth-order valence-electron chi connectivity index (χ4n) is 2.41. The standard InChI is InChI=1S/C19H18O5/c1-3-11(2)12-4-6-13(7-5-12)17(20)16-10-14(18(21)22)8-9-15(16)19(23)24/h4-11H,3H2,1-2H3,(H,21,22)(H,23,24). The van der Waals surface area contributed by atoms with E-state index >= 15 is 0 Å². The number of rotatable bonds is 6. The molecule has 1 atom stereocenters. The van der Waals surface area contributed by atoms with E-state index in [9.17, 15) is 19.5 Å². The molecule has 2 rings (SSSR count). The molecule has 0 saturated heterocycles. The summed E-state index contributed by atoms with van der Waals surface area (Å²) in [6.07, 6.45) is 0.969. The minimum Gasteiger partial charge on any atom is -0.478 e. The highest BCUT2D eigenvalue weighted by atomic mass is 16.4. The highest BCUT2D eigenvalue weighted by Crippen LogP contribution is 2.22. The monoisotopic (exact) mass is 326 g/mol. The average molecular weight is 326 g/mol. The number of carbonyl (C=O) groups excluding carboxylic acids is 1. The first kappa shape index (κ1) is 17.4. The molecule has 0 heterocycles. The van der Waals surface area contributed by atoms with Gasteiger partial charge in [-0.25, -0.2) is 9.59 Å². The summed E-state index contributed by atoms with van der Waals surface area (Å²) in [7, 11) is 0. The number of carboxylic acid groups (broad SMARTS) is 2. The lowest BCUT2D eigenvalue weighted by atomic mass is 9.93. The summed E-state index contributed by atoms with van der Waals surface area (Å²) < 4.78 is 0. The van der Waals surface area contributed by atoms with Gasteiger partial charge in [0, 0.05) is 11.1 Å². The minimum absolute atomic E-state index is 0.125. The largest absolute Gasteiger partial charge is 0.478 e. The van der Waals surface area contributed by atoms with Crippen molar-refractivity contribution in [1.82, 2.24) is 0 Å². The maximum atomic E-state index is 12.6. The van der Waals surface area contributed by atoms with Crippen LogP contribution in [0.2, 0.25) is 0 Å². The van der Waals surface area contributed by atoms with Crippen LogP contribution in [0.15, 0.2) is 42.5 Å². The number of ketones is 1. The van der Waals surface area contributed by atoms with Crippen LogP contribution in [-0.4, -0.2) is 27.9 Å². The van der Waals surface area contributed by atoms with Crippen molar-refractivity contribution in [3.63, 3.8) is 0 Å². The van der Waals surface area contributed by atoms with Gasteiger partial charge in [-0.2, -0.15) is 0 Å². The third-order valence-corrected chi connectivity index (χ3v) is 4.10. The zero-order chi connectivity index (χ0) is 17.9. The van der Waals surface area contributed by atoms with Gasteiger partial charge >= 0.3 is 11.9 Å². The minimum atomic E-state index is -1.27. The van der Waals surface area contributed by atoms with Crippen molar-refractivity contribution in [1.29, 1.82) is 0 Å². The van der Waals surface area contributed by atoms with Crippen molar-refractivity contribution in [2.45, 2.75) is 26.2 Å². The fraction of sp³-hybridized carbons (Fsp3) is 0.211. The fourth-order valence-corrected chi connectivity index (χ4v) is 2.41. The Labute approximate surface area is 139 Å². The van der Waals surface area contributed by atoms with E-state index in [1.807, 2.05) is 12.1 Å². The lowest BCUT2D eigenvalue weighted by Gasteiger charge is -2.10. The first-order valence-corrected chi connectivity index (χ1v) is 7.60. The SMILES string of the molecule is CCC(C)c1ccc(C(=O)c2cc(C(=O)O)ccc2C(=O)O)cc1. The van der Waals surface area contributed by atoms with Crippen LogP contribution in [0.4, 0.5) is 0 Å². The predicted octanol–water partition coefficient (Wildman–Crippen LogP) is 3.83. The number of benzene rings is 2. The van der Waals surface area contributed by atoms with E-state index in [4.69, 9.17) is 5.11 Å². The summed E-state index contributed by atoms with van der Waals surface area (Å²) in [6.45, 7) is 4.15. The third-order valence-electron chi connectivity index (χ3n) is 4.10. The Bertz CT molecular complexity index is 790. The topological polar surface area (TPSA) is 91.7 Å². The Hall–Kier alpha value is -2.95. The van der Waals surface area contributed by atoms with Gasteiger partial charge in [-0.05, 0) is 36.1 Å². The quantitative estimate of drug-likeness (QED) is 0.787. The van der Waals surface area contributed by atoms with Crippen LogP contribution in [-0.2, 0) is 0 Å². The number of aromatic carboxylic acids is 2. The summed E-state index contributed by atoms with van der Waals surface area (Å²) in [4.78, 5) is 35.0. The number of carboxylic acids is 2. The highest BCUT2D eigenvalue weighted by molar-refractivity contribution is 6.15. The van der Waals surface area contributed by atoms with Crippen LogP contribution >= 0.6 is 0 Å². The average Bonchev–Trinajstić information content (AvgIpc) is 2.59. The Morgan fingerprint density at radius 1 is 0.875 bits per heavy atom. The molecule has 5 heteroatoms. The summed E-state index contributed by atoms with van der Waals surface area (Å²) in [5, 5.41) is 18.3. The van der Waals surface area contributed by atoms with Gasteiger partial charge in [0.25, 0.3) is 0 Å². The lowest BCUT2D eigenvalue weighted by Crippen LogP contribution is -2.12. The molecule has 1 unspecified atom stereocenters. The normalized spacial score (nSPS) is 11.8. The second-order valence-electron chi connectivity index (χ2n) is 5.63. The molecule has 5 nitrogen and oxygen atoms in total. The first-order chi connectivity index (χ1) is 11.3. The molecule has 0 amide bonds. The Kier molecular flexibility index (Phi) is 5.14. The van der Waals surface area contributed by atoms with Crippen LogP contribution < -0.4 is 0 Å². The maximum Gasteiger partial charge on any atom is 0.336 e. The van der Waals surface area contributed by atoms with Crippen LogP contribution in [0.3, 0.4) is 0 Å². The molecule has 124 valence electrons. The molecule has 2 aromatic rings. The third kappa shape index (κ3) is 3.51. The first-order valence-electron chi connectivity index (χ1n) is 7.60. The number of hydrogen-bond acceptors (Lipinski definition) is 3. The molecule has 0 radical (unpaired) electrons. The van der Waals surface area contributed by atoms with Gasteiger partial charge in [0.05, 0.1) is 11.1 Å². The number of hydrogen-bond donors (Lipinski definition) is 2. The van der Waals surface area contributed by atoms with Crippen LogP contribution in [0.5, 0.6) is 0 Å². The van der Waals surface area contributed by atoms with Gasteiger partial charge in [-0.1, -0.05) is 38.1 Å². The molecule has 0 fully saturated rings. The van der Waals surface area contributed by atoms with Crippen molar-refractivity contribution in [3.8, 4) is 0 Å². The van der Waals surface area contributed by atoms with Crippen molar-refractivity contribution >= 4 is 17.7 Å². The molecule has 0 aliphatic rings. The molecule has 2 aromatic carbocycles. The van der Waals surface area contributed by atoms with Crippen LogP contribution in [0.25, 0.3) is 0 Å². The molecule has 0 bridgehead atoms. The van der Waals surface area contributed by atoms with Crippen molar-refractivity contribution in [2.75, 3.05) is 0 Å². The zero-order valence-corrected chi connectivity index (χ0v) is 13.4. The molecule has 0 aliphatic carbocycles. The van der Waals surface area contributed by atoms with Gasteiger partial charge < -0.3 is 10.2 Å². The summed E-state index contributed by atoms with van der Waals surface area (Å²) in [6, 6.07) is 10.4. The van der Waals surface area contributed by atoms with Crippen molar-refractivity contribution in [3.05, 3.63) is 70.3 Å². The van der Waals surface area contributed by atoms with Crippen molar-refractivity contribution in [2.24, 2.45) is 0 Å². The summed E-state index contributed by atoms with van der Waals surface area (Å²) in [5.41, 5.74) is 0.952. The maximum absolute atomic E-state index is 12.6. The van der Waals surface area contributed by atoms with Crippen LogP contribution in [0.1, 0.15) is 68.4 Å². The highest BCUT2D eigenvalue weighted by Gasteiger charge is 2.20. The van der Waals surface area contributed by atoms with E-state index < -0.39 is 17.7 Å². The number of carbonyl (C=O) groups is 3. The second kappa shape index (κ2) is 7.08. The molecule has 0 aromatic heterocycles. The van der Waals surface area contributed by atoms with Gasteiger partial charge in [0.2, 0.25) is 0 Å². The van der Waals surface area contributed by atoms with Gasteiger partial charge in [-0.3, -0.25) is 4.79 Å². The van der Waals surface area contributed by atoms with E-state index in [-0.39, 0.29) is 16.7 Å². The lowest BCUT2D eigenvalue weighted by molar-refractivity contribution is 0.0679. The Balaban J connectivity index is 2.46. The predicted molar refractivity (Wildman–Crippen MR) is 88.9 cm³/mol. The van der Waals surface area contributed by atoms with E-state index in [0.717, 1.165) is 24.1 Å². The second-order valence-corrected chi connectivity index (χ2v) is 5.63. The van der Waals surface area contributed by atoms with Gasteiger partial charge in [-0.15, -0.1) is 0 Å². The van der Waals surface area contributed by atoms with E-state index in [0.29, 0.717) is 11.5 Å². The molecular weight excluding hydrogens is 308 g/mol. The summed E-state index contributed by atoms with van der Waals surface area (Å²) >= 11 is 0. The molecule has 0 spiro atoms. The smallest absolute Gasteiger partial charge is 0.336 e. The molecule has 0 saturated carbocycles. The van der Waals surface area contributed by atoms with Crippen molar-refractivity contribution < 1.29 is 24.6 Å². The Morgan fingerprint density at radius 3 is 1.96 bits per heavy atom. The Morgan fingerprint density at radius 2 is 1.46 bits per heavy atom. The van der Waals surface area contributed by atoms with E-state index in [1.54, 1.807) is 12.1 Å². The van der Waals surface area contributed by atoms with E-state index in [2.05, 4.69) is 13.8 Å². The molecule has 24 heavy (non-hydrogen) atoms. The molecule has 0 aliphatic heterocycles. The van der Waals surface area contributed by atoms with Gasteiger partial charge in [0.15, 0.2) is 5.78 Å².